The molecule has 0 fully saturated rings. The van der Waals surface area contributed by atoms with E-state index >= 15 is 0 Å². The number of benzene rings is 4. The lowest BCUT2D eigenvalue weighted by Crippen LogP contribution is -2.12. The highest BCUT2D eigenvalue weighted by atomic mass is 16.6. The second-order valence-electron chi connectivity index (χ2n) is 11.8. The molecule has 270 valence electrons. The molecule has 52 heavy (non-hydrogen) atoms. The normalized spacial score (nSPS) is 10.4. The minimum atomic E-state index is -1.19. The first-order valence-corrected chi connectivity index (χ1v) is 17.3. The fraction of sp³-hybridized carbons (Fsp3) is 0.286. The lowest BCUT2D eigenvalue weighted by molar-refractivity contribution is -0.137. The van der Waals surface area contributed by atoms with Crippen molar-refractivity contribution in [2.45, 2.75) is 51.4 Å². The van der Waals surface area contributed by atoms with E-state index in [1.807, 2.05) is 36.4 Å². The number of rotatable bonds is 22. The van der Waals surface area contributed by atoms with Crippen LogP contribution in [0.5, 0.6) is 23.0 Å². The summed E-state index contributed by atoms with van der Waals surface area (Å²) in [5.74, 6) is -0.830. The van der Waals surface area contributed by atoms with Crippen LogP contribution in [0.3, 0.4) is 0 Å². The molecule has 4 rings (SSSR count). The van der Waals surface area contributed by atoms with E-state index in [0.717, 1.165) is 67.9 Å². The second kappa shape index (κ2) is 21.2. The molecule has 0 heterocycles. The Bertz CT molecular complexity index is 1790. The monoisotopic (exact) mass is 705 g/mol. The molecule has 0 saturated heterocycles. The summed E-state index contributed by atoms with van der Waals surface area (Å²) in [6, 6.07) is 28.3. The number of carbonyl (C=O) groups is 3. The fourth-order valence-electron chi connectivity index (χ4n) is 5.14. The van der Waals surface area contributed by atoms with Gasteiger partial charge in [-0.1, -0.05) is 36.9 Å². The Morgan fingerprint density at radius 3 is 1.71 bits per heavy atom. The summed E-state index contributed by atoms with van der Waals surface area (Å²) in [6.45, 7) is 5.05. The van der Waals surface area contributed by atoms with Crippen LogP contribution in [-0.4, -0.2) is 49.4 Å². The maximum absolute atomic E-state index is 13.0. The van der Waals surface area contributed by atoms with E-state index in [1.54, 1.807) is 36.4 Å². The highest BCUT2D eigenvalue weighted by Crippen LogP contribution is 2.33. The molecule has 0 radical (unpaired) electrons. The Kier molecular flexibility index (Phi) is 15.8. The first kappa shape index (κ1) is 38.7. The third kappa shape index (κ3) is 12.7. The zero-order valence-corrected chi connectivity index (χ0v) is 29.1. The quantitative estimate of drug-likeness (QED) is 0.0365. The van der Waals surface area contributed by atoms with Crippen molar-refractivity contribution < 1.29 is 43.2 Å². The van der Waals surface area contributed by atoms with E-state index in [1.165, 1.54) is 18.2 Å². The smallest absolute Gasteiger partial charge is 0.343 e. The number of carbonyl (C=O) groups excluding carboxylic acids is 2. The van der Waals surface area contributed by atoms with Crippen molar-refractivity contribution in [2.24, 2.45) is 0 Å². The maximum Gasteiger partial charge on any atom is 0.343 e. The minimum Gasteiger partial charge on any atom is -0.494 e. The van der Waals surface area contributed by atoms with Crippen LogP contribution in [0, 0.1) is 11.3 Å². The van der Waals surface area contributed by atoms with Crippen molar-refractivity contribution in [3.8, 4) is 40.2 Å². The SMILES string of the molecule is C=CC(=O)OCCCCCCOc1ccc(C(=O)Oc2cccc(C(=O)O)c2OCCCCCCOc2ccc(-c3ccc(C#N)cc3)cc2)cc1. The van der Waals surface area contributed by atoms with E-state index in [9.17, 15) is 19.5 Å². The van der Waals surface area contributed by atoms with E-state index in [2.05, 4.69) is 12.6 Å². The molecule has 4 aromatic rings. The average molecular weight is 706 g/mol. The first-order chi connectivity index (χ1) is 25.4. The molecule has 4 aromatic carbocycles. The van der Waals surface area contributed by atoms with Crippen LogP contribution in [0.15, 0.2) is 104 Å². The molecule has 0 aliphatic carbocycles. The van der Waals surface area contributed by atoms with Crippen LogP contribution < -0.4 is 18.9 Å². The van der Waals surface area contributed by atoms with Gasteiger partial charge in [0.2, 0.25) is 0 Å². The number of esters is 2. The van der Waals surface area contributed by atoms with Gasteiger partial charge in [-0.05, 0) is 123 Å². The average Bonchev–Trinajstić information content (AvgIpc) is 3.17. The van der Waals surface area contributed by atoms with Gasteiger partial charge in [0.1, 0.15) is 17.1 Å². The summed E-state index contributed by atoms with van der Waals surface area (Å²) < 4.78 is 28.1. The number of nitrogens with zero attached hydrogens (tertiary/aromatic N) is 1. The number of nitriles is 1. The van der Waals surface area contributed by atoms with Gasteiger partial charge in [0.25, 0.3) is 0 Å². The number of aromatic carboxylic acids is 1. The van der Waals surface area contributed by atoms with Gasteiger partial charge in [-0.25, -0.2) is 14.4 Å². The molecule has 0 amide bonds. The molecular weight excluding hydrogens is 662 g/mol. The number of ether oxygens (including phenoxy) is 5. The molecule has 0 aliphatic heterocycles. The van der Waals surface area contributed by atoms with Gasteiger partial charge in [-0.2, -0.15) is 5.26 Å². The molecule has 0 aromatic heterocycles. The lowest BCUT2D eigenvalue weighted by atomic mass is 10.0. The third-order valence-electron chi connectivity index (χ3n) is 7.98. The zero-order valence-electron chi connectivity index (χ0n) is 29.1. The number of unbranched alkanes of at least 4 members (excludes halogenated alkanes) is 6. The van der Waals surface area contributed by atoms with Crippen molar-refractivity contribution in [3.63, 3.8) is 0 Å². The summed E-state index contributed by atoms with van der Waals surface area (Å²) in [5.41, 5.74) is 2.88. The first-order valence-electron chi connectivity index (χ1n) is 17.3. The van der Waals surface area contributed by atoms with Crippen LogP contribution in [-0.2, 0) is 9.53 Å². The molecular formula is C42H43NO9. The van der Waals surface area contributed by atoms with Crippen LogP contribution in [0.25, 0.3) is 11.1 Å². The van der Waals surface area contributed by atoms with Gasteiger partial charge in [0, 0.05) is 6.08 Å². The Morgan fingerprint density at radius 1 is 0.654 bits per heavy atom. The Balaban J connectivity index is 1.16. The molecule has 0 spiro atoms. The number of hydrogen-bond donors (Lipinski definition) is 1. The van der Waals surface area contributed by atoms with Crippen LogP contribution in [0.1, 0.15) is 77.6 Å². The molecule has 0 saturated carbocycles. The predicted octanol–water partition coefficient (Wildman–Crippen LogP) is 8.83. The largest absolute Gasteiger partial charge is 0.494 e. The second-order valence-corrected chi connectivity index (χ2v) is 11.8. The molecule has 0 bridgehead atoms. The highest BCUT2D eigenvalue weighted by molar-refractivity contribution is 5.94. The third-order valence-corrected chi connectivity index (χ3v) is 7.98. The Hall–Kier alpha value is -6.08. The Morgan fingerprint density at radius 2 is 1.17 bits per heavy atom. The van der Waals surface area contributed by atoms with E-state index in [-0.39, 0.29) is 29.2 Å². The van der Waals surface area contributed by atoms with Crippen molar-refractivity contribution >= 4 is 17.9 Å². The minimum absolute atomic E-state index is 0.00922. The van der Waals surface area contributed by atoms with Crippen molar-refractivity contribution in [3.05, 3.63) is 120 Å². The van der Waals surface area contributed by atoms with E-state index in [4.69, 9.17) is 28.9 Å². The van der Waals surface area contributed by atoms with Crippen molar-refractivity contribution in [1.82, 2.24) is 0 Å². The highest BCUT2D eigenvalue weighted by Gasteiger charge is 2.20. The summed E-state index contributed by atoms with van der Waals surface area (Å²) in [6.07, 6.45) is 7.82. The standard InChI is InChI=1S/C42H43NO9/c1-2-39(44)50-28-9-5-3-7-27-49-36-24-20-34(21-25-36)42(47)52-38-13-11-12-37(41(45)46)40(38)51-29-10-6-4-8-26-48-35-22-18-33(19-23-35)32-16-14-31(30-43)15-17-32/h2,11-25H,1,3-10,26-29H2,(H,45,46). The van der Waals surface area contributed by atoms with Gasteiger partial charge in [0.15, 0.2) is 11.5 Å². The fourth-order valence-corrected chi connectivity index (χ4v) is 5.14. The molecule has 1 N–H and O–H groups in total. The molecule has 10 heteroatoms. The summed E-state index contributed by atoms with van der Waals surface area (Å²) in [4.78, 5) is 35.9. The maximum atomic E-state index is 13.0. The van der Waals surface area contributed by atoms with Crippen LogP contribution in [0.4, 0.5) is 0 Å². The van der Waals surface area contributed by atoms with E-state index < -0.39 is 17.9 Å². The molecule has 0 atom stereocenters. The molecule has 0 unspecified atom stereocenters. The van der Waals surface area contributed by atoms with Crippen molar-refractivity contribution in [1.29, 1.82) is 5.26 Å². The number of carboxylic acid groups (broad SMARTS) is 1. The number of carboxylic acids is 1. The summed E-state index contributed by atoms with van der Waals surface area (Å²) in [5, 5.41) is 18.7. The summed E-state index contributed by atoms with van der Waals surface area (Å²) in [7, 11) is 0. The molecule has 0 aliphatic rings. The Labute approximate surface area is 304 Å². The number of hydrogen-bond acceptors (Lipinski definition) is 9. The van der Waals surface area contributed by atoms with Gasteiger partial charge in [-0.3, -0.25) is 0 Å². The van der Waals surface area contributed by atoms with Crippen LogP contribution in [0.2, 0.25) is 0 Å². The van der Waals surface area contributed by atoms with Crippen LogP contribution >= 0.6 is 0 Å². The van der Waals surface area contributed by atoms with Crippen molar-refractivity contribution in [2.75, 3.05) is 26.4 Å². The van der Waals surface area contributed by atoms with Gasteiger partial charge in [0.05, 0.1) is 43.6 Å². The zero-order chi connectivity index (χ0) is 37.0. The lowest BCUT2D eigenvalue weighted by Gasteiger charge is -2.14. The predicted molar refractivity (Wildman–Crippen MR) is 196 cm³/mol. The van der Waals surface area contributed by atoms with Gasteiger partial charge in [-0.15, -0.1) is 0 Å². The topological polar surface area (TPSA) is 141 Å². The van der Waals surface area contributed by atoms with Gasteiger partial charge < -0.3 is 28.8 Å². The molecule has 10 nitrogen and oxygen atoms in total. The van der Waals surface area contributed by atoms with E-state index in [0.29, 0.717) is 37.6 Å². The van der Waals surface area contributed by atoms with Gasteiger partial charge >= 0.3 is 17.9 Å². The summed E-state index contributed by atoms with van der Waals surface area (Å²) >= 11 is 0. The number of para-hydroxylation sites is 1.